The van der Waals surface area contributed by atoms with E-state index in [-0.39, 0.29) is 19.6 Å². The van der Waals surface area contributed by atoms with Crippen LogP contribution in [0.2, 0.25) is 0 Å². The zero-order chi connectivity index (χ0) is 13.8. The van der Waals surface area contributed by atoms with Crippen LogP contribution in [0.25, 0.3) is 11.0 Å². The summed E-state index contributed by atoms with van der Waals surface area (Å²) in [7, 11) is 0. The number of hydrogen-bond acceptors (Lipinski definition) is 4. The average molecular weight is 263 g/mol. The van der Waals surface area contributed by atoms with Crippen LogP contribution in [0.4, 0.5) is 0 Å². The van der Waals surface area contributed by atoms with Gasteiger partial charge in [0.15, 0.2) is 0 Å². The van der Waals surface area contributed by atoms with E-state index in [4.69, 9.17) is 10.2 Å². The molecule has 0 aromatic carbocycles. The van der Waals surface area contributed by atoms with Crippen molar-refractivity contribution in [2.45, 2.75) is 6.54 Å². The summed E-state index contributed by atoms with van der Waals surface area (Å²) in [6.45, 7) is -0.400. The second-order valence-electron chi connectivity index (χ2n) is 4.15. The van der Waals surface area contributed by atoms with Crippen molar-refractivity contribution >= 4 is 23.0 Å². The second kappa shape index (κ2) is 5.49. The lowest BCUT2D eigenvalue weighted by Gasteiger charge is -2.17. The summed E-state index contributed by atoms with van der Waals surface area (Å²) in [4.78, 5) is 29.9. The molecule has 0 saturated heterocycles. The summed E-state index contributed by atoms with van der Waals surface area (Å²) in [6, 6.07) is 3.63. The summed E-state index contributed by atoms with van der Waals surface area (Å²) in [5, 5.41) is 18.4. The van der Waals surface area contributed by atoms with Crippen LogP contribution >= 0.6 is 0 Å². The van der Waals surface area contributed by atoms with E-state index in [2.05, 4.69) is 9.97 Å². The highest BCUT2D eigenvalue weighted by molar-refractivity contribution is 5.79. The van der Waals surface area contributed by atoms with Crippen LogP contribution in [0.5, 0.6) is 0 Å². The third kappa shape index (κ3) is 3.29. The molecule has 7 nitrogen and oxygen atoms in total. The van der Waals surface area contributed by atoms with Gasteiger partial charge in [-0.3, -0.25) is 14.5 Å². The molecule has 0 aliphatic rings. The van der Waals surface area contributed by atoms with Crippen molar-refractivity contribution in [2.75, 3.05) is 13.1 Å². The molecule has 19 heavy (non-hydrogen) atoms. The lowest BCUT2D eigenvalue weighted by molar-refractivity contribution is -0.141. The van der Waals surface area contributed by atoms with Crippen molar-refractivity contribution < 1.29 is 19.8 Å². The van der Waals surface area contributed by atoms with Crippen molar-refractivity contribution in [3.8, 4) is 0 Å². The van der Waals surface area contributed by atoms with Gasteiger partial charge in [-0.15, -0.1) is 0 Å². The third-order valence-electron chi connectivity index (χ3n) is 2.65. The van der Waals surface area contributed by atoms with Crippen LogP contribution in [0.1, 0.15) is 5.56 Å². The van der Waals surface area contributed by atoms with Crippen molar-refractivity contribution in [1.29, 1.82) is 0 Å². The van der Waals surface area contributed by atoms with E-state index >= 15 is 0 Å². The predicted molar refractivity (Wildman–Crippen MR) is 66.6 cm³/mol. The number of aliphatic carboxylic acids is 2. The molecule has 0 spiro atoms. The minimum Gasteiger partial charge on any atom is -0.480 e. The molecule has 2 aromatic rings. The standard InChI is InChI=1S/C12H13N3O4/c16-10(17)6-15(7-11(18)19)5-8-4-14-12-9(8)2-1-3-13-12/h1-4H,5-7H2,(H,13,14)(H,16,17)(H,18,19). The highest BCUT2D eigenvalue weighted by atomic mass is 16.4. The Morgan fingerprint density at radius 1 is 1.26 bits per heavy atom. The van der Waals surface area contributed by atoms with Crippen LogP contribution in [-0.4, -0.2) is 50.1 Å². The van der Waals surface area contributed by atoms with Crippen LogP contribution in [0.3, 0.4) is 0 Å². The predicted octanol–water partition coefficient (Wildman–Crippen LogP) is 0.534. The number of fused-ring (bicyclic) bond motifs is 1. The molecule has 0 amide bonds. The Morgan fingerprint density at radius 2 is 1.95 bits per heavy atom. The lowest BCUT2D eigenvalue weighted by Crippen LogP contribution is -2.33. The Bertz CT molecular complexity index is 592. The molecule has 0 unspecified atom stereocenters. The van der Waals surface area contributed by atoms with Gasteiger partial charge in [0.1, 0.15) is 5.65 Å². The first-order valence-corrected chi connectivity index (χ1v) is 5.63. The van der Waals surface area contributed by atoms with Gasteiger partial charge >= 0.3 is 11.9 Å². The van der Waals surface area contributed by atoms with Crippen molar-refractivity contribution in [3.63, 3.8) is 0 Å². The number of rotatable bonds is 6. The minimum atomic E-state index is -1.06. The number of pyridine rings is 1. The summed E-state index contributed by atoms with van der Waals surface area (Å²) >= 11 is 0. The molecule has 7 heteroatoms. The van der Waals surface area contributed by atoms with Gasteiger partial charge in [-0.2, -0.15) is 0 Å². The largest absolute Gasteiger partial charge is 0.480 e. The highest BCUT2D eigenvalue weighted by Gasteiger charge is 2.15. The Labute approximate surface area is 108 Å². The van der Waals surface area contributed by atoms with E-state index in [1.807, 2.05) is 6.07 Å². The Hall–Kier alpha value is -2.41. The summed E-state index contributed by atoms with van der Waals surface area (Å²) < 4.78 is 0. The molecule has 0 atom stereocenters. The Kier molecular flexibility index (Phi) is 3.76. The number of aromatic amines is 1. The van der Waals surface area contributed by atoms with E-state index in [1.165, 1.54) is 4.90 Å². The maximum absolute atomic E-state index is 10.7. The average Bonchev–Trinajstić information content (AvgIpc) is 2.71. The van der Waals surface area contributed by atoms with Crippen molar-refractivity contribution in [3.05, 3.63) is 30.1 Å². The van der Waals surface area contributed by atoms with Gasteiger partial charge in [0.25, 0.3) is 0 Å². The highest BCUT2D eigenvalue weighted by Crippen LogP contribution is 2.17. The van der Waals surface area contributed by atoms with E-state index < -0.39 is 11.9 Å². The van der Waals surface area contributed by atoms with Crippen molar-refractivity contribution in [2.24, 2.45) is 0 Å². The summed E-state index contributed by atoms with van der Waals surface area (Å²) in [5.74, 6) is -2.11. The molecule has 0 aliphatic carbocycles. The Morgan fingerprint density at radius 3 is 2.58 bits per heavy atom. The maximum Gasteiger partial charge on any atom is 0.317 e. The third-order valence-corrected chi connectivity index (χ3v) is 2.65. The van der Waals surface area contributed by atoms with Gasteiger partial charge in [-0.05, 0) is 17.7 Å². The fourth-order valence-corrected chi connectivity index (χ4v) is 1.93. The molecule has 2 heterocycles. The number of carbonyl (C=O) groups is 2. The molecule has 2 rings (SSSR count). The SMILES string of the molecule is O=C(O)CN(CC(=O)O)Cc1c[nH]c2ncccc12. The van der Waals surface area contributed by atoms with Gasteiger partial charge in [-0.1, -0.05) is 0 Å². The molecule has 2 aromatic heterocycles. The van der Waals surface area contributed by atoms with Gasteiger partial charge < -0.3 is 15.2 Å². The number of nitrogens with zero attached hydrogens (tertiary/aromatic N) is 2. The zero-order valence-corrected chi connectivity index (χ0v) is 10.0. The lowest BCUT2D eigenvalue weighted by atomic mass is 10.2. The number of hydrogen-bond donors (Lipinski definition) is 3. The number of H-pyrrole nitrogens is 1. The summed E-state index contributed by atoms with van der Waals surface area (Å²) in [6.07, 6.45) is 3.36. The summed E-state index contributed by atoms with van der Waals surface area (Å²) in [5.41, 5.74) is 1.52. The van der Waals surface area contributed by atoms with Crippen LogP contribution < -0.4 is 0 Å². The monoisotopic (exact) mass is 263 g/mol. The zero-order valence-electron chi connectivity index (χ0n) is 10.0. The maximum atomic E-state index is 10.7. The first kappa shape index (κ1) is 13.0. The normalized spacial score (nSPS) is 11.0. The quantitative estimate of drug-likeness (QED) is 0.702. The minimum absolute atomic E-state index is 0.240. The molecular formula is C12H13N3O4. The fraction of sp³-hybridized carbons (Fsp3) is 0.250. The van der Waals surface area contributed by atoms with Gasteiger partial charge in [0, 0.05) is 24.3 Å². The van der Waals surface area contributed by atoms with Gasteiger partial charge in [0.05, 0.1) is 13.1 Å². The van der Waals surface area contributed by atoms with Gasteiger partial charge in [0.2, 0.25) is 0 Å². The molecule has 0 fully saturated rings. The van der Waals surface area contributed by atoms with Crippen LogP contribution in [0, 0.1) is 0 Å². The van der Waals surface area contributed by atoms with Crippen molar-refractivity contribution in [1.82, 2.24) is 14.9 Å². The van der Waals surface area contributed by atoms with E-state index in [0.717, 1.165) is 10.9 Å². The first-order valence-electron chi connectivity index (χ1n) is 5.63. The number of carboxylic acid groups (broad SMARTS) is 2. The first-order chi connectivity index (χ1) is 9.06. The topological polar surface area (TPSA) is 107 Å². The number of carboxylic acids is 2. The fourth-order valence-electron chi connectivity index (χ4n) is 1.93. The second-order valence-corrected chi connectivity index (χ2v) is 4.15. The molecule has 0 aliphatic heterocycles. The Balaban J connectivity index is 2.20. The van der Waals surface area contributed by atoms with Crippen LogP contribution in [-0.2, 0) is 16.1 Å². The molecule has 0 saturated carbocycles. The smallest absolute Gasteiger partial charge is 0.317 e. The molecule has 100 valence electrons. The molecular weight excluding hydrogens is 250 g/mol. The van der Waals surface area contributed by atoms with E-state index in [1.54, 1.807) is 18.5 Å². The molecule has 3 N–H and O–H groups in total. The van der Waals surface area contributed by atoms with E-state index in [0.29, 0.717) is 5.65 Å². The van der Waals surface area contributed by atoms with E-state index in [9.17, 15) is 9.59 Å². The van der Waals surface area contributed by atoms with Crippen LogP contribution in [0.15, 0.2) is 24.5 Å². The van der Waals surface area contributed by atoms with Gasteiger partial charge in [-0.25, -0.2) is 4.98 Å². The number of nitrogens with one attached hydrogen (secondary N) is 1. The molecule has 0 radical (unpaired) electrons. The molecule has 0 bridgehead atoms. The number of aromatic nitrogens is 2.